The van der Waals surface area contributed by atoms with Gasteiger partial charge in [0.15, 0.2) is 0 Å². The maximum atomic E-state index is 6.55. The number of fused-ring (bicyclic) bond motifs is 1. The topological polar surface area (TPSA) is 125 Å². The molecular weight excluding hydrogens is 408 g/mol. The number of pyridine rings is 1. The summed E-state index contributed by atoms with van der Waals surface area (Å²) in [7, 11) is 0. The average molecular weight is 443 g/mol. The maximum absolute atomic E-state index is 6.55. The highest BCUT2D eigenvalue weighted by atomic mass is 15.0. The van der Waals surface area contributed by atoms with Gasteiger partial charge in [-0.25, -0.2) is 4.98 Å². The van der Waals surface area contributed by atoms with Crippen molar-refractivity contribution in [2.45, 2.75) is 51.4 Å². The van der Waals surface area contributed by atoms with Gasteiger partial charge < -0.3 is 16.8 Å². The Kier molecular flexibility index (Phi) is 7.89. The molecule has 0 aliphatic heterocycles. The van der Waals surface area contributed by atoms with Crippen molar-refractivity contribution in [3.05, 3.63) is 83.0 Å². The number of aryl methyl sites for hydroxylation is 1. The van der Waals surface area contributed by atoms with E-state index in [1.165, 1.54) is 16.7 Å². The van der Waals surface area contributed by atoms with Crippen LogP contribution in [-0.4, -0.2) is 11.5 Å². The Morgan fingerprint density at radius 3 is 2.00 bits per heavy atom. The van der Waals surface area contributed by atoms with Gasteiger partial charge in [0.05, 0.1) is 11.4 Å². The zero-order valence-electron chi connectivity index (χ0n) is 19.6. The third-order valence-electron chi connectivity index (χ3n) is 6.40. The highest BCUT2D eigenvalue weighted by Crippen LogP contribution is 2.48. The molecule has 1 heterocycles. The minimum absolute atomic E-state index is 0.0789. The summed E-state index contributed by atoms with van der Waals surface area (Å²) >= 11 is 0. The van der Waals surface area contributed by atoms with E-state index < -0.39 is 0 Å². The normalized spacial score (nSPS) is 14.1. The molecule has 5 N–H and O–H groups in total. The van der Waals surface area contributed by atoms with Crippen LogP contribution in [0.4, 0.5) is 17.2 Å². The Hall–Kier alpha value is -3.59. The Bertz CT molecular complexity index is 1020. The molecule has 172 valence electrons. The molecule has 0 fully saturated rings. The lowest BCUT2D eigenvalue weighted by molar-refractivity contribution is 0.351. The molecule has 2 aromatic carbocycles. The number of benzene rings is 2. The van der Waals surface area contributed by atoms with Crippen LogP contribution >= 0.6 is 0 Å². The van der Waals surface area contributed by atoms with Gasteiger partial charge in [-0.1, -0.05) is 74.5 Å². The van der Waals surface area contributed by atoms with Crippen LogP contribution in [0.2, 0.25) is 0 Å². The predicted octanol–water partition coefficient (Wildman–Crippen LogP) is 5.40. The van der Waals surface area contributed by atoms with Crippen LogP contribution in [0.1, 0.15) is 49.1 Å². The van der Waals surface area contributed by atoms with Crippen molar-refractivity contribution in [3.8, 4) is 0 Å². The molecule has 6 heteroatoms. The first kappa shape index (κ1) is 24.1. The molecule has 0 bridgehead atoms. The first-order chi connectivity index (χ1) is 16.0. The highest BCUT2D eigenvalue weighted by molar-refractivity contribution is 5.81. The Morgan fingerprint density at radius 2 is 1.48 bits per heavy atom. The molecule has 0 spiro atoms. The molecule has 0 radical (unpaired) electrons. The Labute approximate surface area is 196 Å². The largest absolute Gasteiger partial charge is 0.394 e. The SMILES string of the molecule is CC(C)CNc1c(N)c(N)nc2c1C(Cc1ccccc1)(Cc1ccccc1)CCC2.N#N. The molecule has 0 amide bonds. The number of nitrogens with zero attached hydrogens (tertiary/aromatic N) is 3. The molecule has 3 aromatic rings. The fraction of sp³-hybridized carbons (Fsp3) is 0.370. The van der Waals surface area contributed by atoms with E-state index in [0.717, 1.165) is 50.0 Å². The van der Waals surface area contributed by atoms with Crippen molar-refractivity contribution >= 4 is 17.2 Å². The van der Waals surface area contributed by atoms with Gasteiger partial charge in [-0.15, -0.1) is 0 Å². The van der Waals surface area contributed by atoms with Crippen LogP contribution in [0.15, 0.2) is 60.7 Å². The summed E-state index contributed by atoms with van der Waals surface area (Å²) in [5.41, 5.74) is 19.4. The predicted molar refractivity (Wildman–Crippen MR) is 135 cm³/mol. The number of nitrogen functional groups attached to an aromatic ring is 2. The number of nitrogens with one attached hydrogen (secondary N) is 1. The molecule has 1 aromatic heterocycles. The van der Waals surface area contributed by atoms with E-state index in [4.69, 9.17) is 27.2 Å². The van der Waals surface area contributed by atoms with Crippen LogP contribution in [0, 0.1) is 16.7 Å². The van der Waals surface area contributed by atoms with Gasteiger partial charge in [0.25, 0.3) is 0 Å². The van der Waals surface area contributed by atoms with Gasteiger partial charge in [0.1, 0.15) is 5.82 Å². The molecular formula is C27H34N6. The molecule has 0 saturated heterocycles. The summed E-state index contributed by atoms with van der Waals surface area (Å²) in [4.78, 5) is 4.79. The van der Waals surface area contributed by atoms with Gasteiger partial charge >= 0.3 is 0 Å². The highest BCUT2D eigenvalue weighted by Gasteiger charge is 2.40. The summed E-state index contributed by atoms with van der Waals surface area (Å²) in [5, 5.41) is 15.7. The fourth-order valence-electron chi connectivity index (χ4n) is 5.02. The molecule has 0 atom stereocenters. The zero-order valence-corrected chi connectivity index (χ0v) is 19.6. The number of anilines is 3. The van der Waals surface area contributed by atoms with Crippen LogP contribution in [-0.2, 0) is 24.7 Å². The van der Waals surface area contributed by atoms with Crippen molar-refractivity contribution in [2.75, 3.05) is 23.3 Å². The fourth-order valence-corrected chi connectivity index (χ4v) is 5.02. The second-order valence-corrected chi connectivity index (χ2v) is 9.34. The number of aromatic nitrogens is 1. The monoisotopic (exact) mass is 442 g/mol. The number of nitrogens with two attached hydrogens (primary N) is 2. The van der Waals surface area contributed by atoms with Crippen LogP contribution in [0.25, 0.3) is 0 Å². The summed E-state index contributed by atoms with van der Waals surface area (Å²) in [6.45, 7) is 5.27. The number of hydrogen-bond donors (Lipinski definition) is 3. The van der Waals surface area contributed by atoms with E-state index in [2.05, 4.69) is 79.8 Å². The van der Waals surface area contributed by atoms with E-state index in [0.29, 0.717) is 17.4 Å². The van der Waals surface area contributed by atoms with Crippen LogP contribution in [0.3, 0.4) is 0 Å². The molecule has 0 unspecified atom stereocenters. The van der Waals surface area contributed by atoms with Gasteiger partial charge in [0.2, 0.25) is 0 Å². The number of rotatable bonds is 7. The quantitative estimate of drug-likeness (QED) is 0.421. The summed E-state index contributed by atoms with van der Waals surface area (Å²) in [5.74, 6) is 0.950. The summed E-state index contributed by atoms with van der Waals surface area (Å²) < 4.78 is 0. The van der Waals surface area contributed by atoms with Crippen molar-refractivity contribution in [1.82, 2.24) is 4.98 Å². The molecule has 6 nitrogen and oxygen atoms in total. The summed E-state index contributed by atoms with van der Waals surface area (Å²) in [6.07, 6.45) is 5.06. The third kappa shape index (κ3) is 5.43. The zero-order chi connectivity index (χ0) is 23.8. The Morgan fingerprint density at radius 1 is 0.939 bits per heavy atom. The van der Waals surface area contributed by atoms with Crippen molar-refractivity contribution in [2.24, 2.45) is 5.92 Å². The lowest BCUT2D eigenvalue weighted by Crippen LogP contribution is -2.38. The number of hydrogen-bond acceptors (Lipinski definition) is 6. The van der Waals surface area contributed by atoms with Crippen molar-refractivity contribution < 1.29 is 0 Å². The van der Waals surface area contributed by atoms with Crippen molar-refractivity contribution in [1.29, 1.82) is 10.8 Å². The van der Waals surface area contributed by atoms with E-state index >= 15 is 0 Å². The molecule has 4 rings (SSSR count). The van der Waals surface area contributed by atoms with Gasteiger partial charge in [-0.2, -0.15) is 0 Å². The second-order valence-electron chi connectivity index (χ2n) is 9.34. The first-order valence-electron chi connectivity index (χ1n) is 11.6. The molecule has 1 aliphatic carbocycles. The van der Waals surface area contributed by atoms with Gasteiger partial charge in [-0.05, 0) is 49.1 Å². The molecule has 1 aliphatic rings. The van der Waals surface area contributed by atoms with Gasteiger partial charge in [-0.3, -0.25) is 0 Å². The minimum Gasteiger partial charge on any atom is -0.394 e. The molecule has 0 saturated carbocycles. The van der Waals surface area contributed by atoms with Crippen molar-refractivity contribution in [3.63, 3.8) is 0 Å². The van der Waals surface area contributed by atoms with E-state index in [1.807, 2.05) is 0 Å². The van der Waals surface area contributed by atoms with E-state index in [-0.39, 0.29) is 5.41 Å². The van der Waals surface area contributed by atoms with E-state index in [1.54, 1.807) is 0 Å². The van der Waals surface area contributed by atoms with Crippen LogP contribution < -0.4 is 16.8 Å². The second kappa shape index (κ2) is 10.8. The Balaban J connectivity index is 0.00000149. The van der Waals surface area contributed by atoms with E-state index in [9.17, 15) is 0 Å². The lowest BCUT2D eigenvalue weighted by atomic mass is 9.64. The average Bonchev–Trinajstić information content (AvgIpc) is 2.82. The molecule has 33 heavy (non-hydrogen) atoms. The van der Waals surface area contributed by atoms with Crippen LogP contribution in [0.5, 0.6) is 0 Å². The minimum atomic E-state index is -0.0789. The summed E-state index contributed by atoms with van der Waals surface area (Å²) in [6, 6.07) is 21.6. The van der Waals surface area contributed by atoms with Gasteiger partial charge in [0, 0.05) is 34.0 Å². The maximum Gasteiger partial charge on any atom is 0.149 e. The third-order valence-corrected chi connectivity index (χ3v) is 6.40. The smallest absolute Gasteiger partial charge is 0.149 e. The standard InChI is InChI=1S/C27H34N4.N2/c1-19(2)18-30-25-23-22(31-26(29)24(25)28)14-9-15-27(23,16-20-10-5-3-6-11-20)17-21-12-7-4-8-13-21;1-2/h3-8,10-13,19H,9,14-18,28H2,1-2H3,(H3,29,30,31);. The lowest BCUT2D eigenvalue weighted by Gasteiger charge is -2.41. The first-order valence-corrected chi connectivity index (χ1v) is 11.6.